The van der Waals surface area contributed by atoms with Crippen LogP contribution in [0.5, 0.6) is 5.75 Å². The van der Waals surface area contributed by atoms with Crippen molar-refractivity contribution in [3.63, 3.8) is 0 Å². The van der Waals surface area contributed by atoms with Crippen LogP contribution in [-0.4, -0.2) is 28.2 Å². The Morgan fingerprint density at radius 3 is 2.76 bits per heavy atom. The maximum absolute atomic E-state index is 5.36. The summed E-state index contributed by atoms with van der Waals surface area (Å²) < 4.78 is 7.47. The van der Waals surface area contributed by atoms with Gasteiger partial charge < -0.3 is 4.74 Å². The van der Waals surface area contributed by atoms with Crippen molar-refractivity contribution in [1.29, 1.82) is 0 Å². The van der Waals surface area contributed by atoms with Gasteiger partial charge in [0.15, 0.2) is 5.82 Å². The summed E-state index contributed by atoms with van der Waals surface area (Å²) in [5.41, 5.74) is 2.16. The molecule has 0 unspecified atom stereocenters. The number of H-pyrrole nitrogens is 1. The number of nitrogens with zero attached hydrogens (tertiary/aromatic N) is 3. The normalized spacial score (nSPS) is 11.6. The van der Waals surface area contributed by atoms with Gasteiger partial charge in [0.2, 0.25) is 4.77 Å². The van der Waals surface area contributed by atoms with Crippen molar-refractivity contribution >= 4 is 35.3 Å². The number of hydrogen-bond acceptors (Lipinski definition) is 4. The van der Waals surface area contributed by atoms with E-state index in [0.717, 1.165) is 17.1 Å². The minimum atomic E-state index is 0.460. The molecular formula is C23H20N4OS. The summed E-state index contributed by atoms with van der Waals surface area (Å²) in [6.45, 7) is 0. The van der Waals surface area contributed by atoms with Gasteiger partial charge in [-0.15, -0.1) is 0 Å². The van der Waals surface area contributed by atoms with E-state index >= 15 is 0 Å². The standard InChI is InChI=1S/C23H20N4OS/c1-28-21-14-5-3-9-18(21)12-7-15-24-27-22(25-26-23(27)29)16-19-11-6-10-17-8-2-4-13-20(17)19/h2-15H,16H2,1H3,(H,26,29)/b12-7+,24-15-. The zero-order chi connectivity index (χ0) is 20.1. The number of aromatic amines is 1. The van der Waals surface area contributed by atoms with Crippen molar-refractivity contribution in [2.75, 3.05) is 7.11 Å². The molecule has 4 rings (SSSR count). The fraction of sp³-hybridized carbons (Fsp3) is 0.0870. The number of hydrogen-bond donors (Lipinski definition) is 1. The highest BCUT2D eigenvalue weighted by Gasteiger charge is 2.08. The molecule has 4 aromatic rings. The molecule has 3 aromatic carbocycles. The van der Waals surface area contributed by atoms with Gasteiger partial charge in [-0.3, -0.25) is 5.10 Å². The molecule has 1 N–H and O–H groups in total. The maximum Gasteiger partial charge on any atom is 0.216 e. The van der Waals surface area contributed by atoms with Crippen LogP contribution in [0.1, 0.15) is 17.0 Å². The summed E-state index contributed by atoms with van der Waals surface area (Å²) >= 11 is 5.35. The Bertz CT molecular complexity index is 1250. The van der Waals surface area contributed by atoms with E-state index in [9.17, 15) is 0 Å². The van der Waals surface area contributed by atoms with Gasteiger partial charge in [0.05, 0.1) is 7.11 Å². The Labute approximate surface area is 174 Å². The SMILES string of the molecule is COc1ccccc1/C=C/C=N\n1c(Cc2cccc3ccccc23)n[nH]c1=S. The van der Waals surface area contributed by atoms with Crippen molar-refractivity contribution in [2.45, 2.75) is 6.42 Å². The molecule has 0 saturated carbocycles. The van der Waals surface area contributed by atoms with Crippen LogP contribution in [0, 0.1) is 4.77 Å². The first-order valence-corrected chi connectivity index (χ1v) is 9.64. The molecule has 0 saturated heterocycles. The van der Waals surface area contributed by atoms with Crippen molar-refractivity contribution in [3.8, 4) is 5.75 Å². The second-order valence-corrected chi connectivity index (χ2v) is 6.82. The Hall–Kier alpha value is -3.51. The number of rotatable bonds is 6. The minimum absolute atomic E-state index is 0.460. The van der Waals surface area contributed by atoms with Crippen LogP contribution in [0.25, 0.3) is 16.8 Å². The van der Waals surface area contributed by atoms with E-state index < -0.39 is 0 Å². The van der Waals surface area contributed by atoms with Gasteiger partial charge in [-0.05, 0) is 46.8 Å². The third-order valence-electron chi connectivity index (χ3n) is 4.63. The lowest BCUT2D eigenvalue weighted by Crippen LogP contribution is -2.00. The van der Waals surface area contributed by atoms with Gasteiger partial charge >= 0.3 is 0 Å². The van der Waals surface area contributed by atoms with E-state index in [-0.39, 0.29) is 0 Å². The fourth-order valence-electron chi connectivity index (χ4n) is 3.23. The Balaban J connectivity index is 1.58. The second kappa shape index (κ2) is 8.67. The van der Waals surface area contributed by atoms with Crippen molar-refractivity contribution < 1.29 is 4.74 Å². The van der Waals surface area contributed by atoms with Gasteiger partial charge in [0, 0.05) is 18.2 Å². The average molecular weight is 401 g/mol. The van der Waals surface area contributed by atoms with Crippen LogP contribution >= 0.6 is 12.2 Å². The van der Waals surface area contributed by atoms with Gasteiger partial charge in [-0.2, -0.15) is 14.9 Å². The first-order chi connectivity index (χ1) is 14.3. The highest BCUT2D eigenvalue weighted by atomic mass is 32.1. The largest absolute Gasteiger partial charge is 0.496 e. The second-order valence-electron chi connectivity index (χ2n) is 6.44. The summed E-state index contributed by atoms with van der Waals surface area (Å²) in [4.78, 5) is 0. The minimum Gasteiger partial charge on any atom is -0.496 e. The molecule has 1 aromatic heterocycles. The van der Waals surface area contributed by atoms with E-state index in [1.54, 1.807) is 18.0 Å². The summed E-state index contributed by atoms with van der Waals surface area (Å²) in [6, 6.07) is 22.4. The third-order valence-corrected chi connectivity index (χ3v) is 4.89. The molecule has 0 bridgehead atoms. The molecule has 0 spiro atoms. The lowest BCUT2D eigenvalue weighted by Gasteiger charge is -2.06. The molecule has 0 aliphatic heterocycles. The molecular weight excluding hydrogens is 380 g/mol. The molecule has 29 heavy (non-hydrogen) atoms. The Morgan fingerprint density at radius 1 is 1.07 bits per heavy atom. The van der Waals surface area contributed by atoms with Gasteiger partial charge in [0.1, 0.15) is 5.75 Å². The quantitative estimate of drug-likeness (QED) is 0.356. The summed E-state index contributed by atoms with van der Waals surface area (Å²) in [7, 11) is 1.66. The van der Waals surface area contributed by atoms with E-state index in [4.69, 9.17) is 17.0 Å². The predicted molar refractivity (Wildman–Crippen MR) is 120 cm³/mol. The van der Waals surface area contributed by atoms with Crippen LogP contribution in [0.2, 0.25) is 0 Å². The third kappa shape index (κ3) is 4.17. The number of allylic oxidation sites excluding steroid dienone is 1. The van der Waals surface area contributed by atoms with Crippen LogP contribution in [0.15, 0.2) is 77.9 Å². The molecule has 0 amide bonds. The van der Waals surface area contributed by atoms with E-state index in [1.807, 2.05) is 48.6 Å². The van der Waals surface area contributed by atoms with E-state index in [0.29, 0.717) is 11.2 Å². The van der Waals surface area contributed by atoms with Crippen LogP contribution in [0.3, 0.4) is 0 Å². The number of aromatic nitrogens is 3. The van der Waals surface area contributed by atoms with Crippen LogP contribution in [0.4, 0.5) is 0 Å². The van der Waals surface area contributed by atoms with Crippen molar-refractivity contribution in [3.05, 3.63) is 94.5 Å². The topological polar surface area (TPSA) is 55.2 Å². The molecule has 144 valence electrons. The van der Waals surface area contributed by atoms with E-state index in [1.165, 1.54) is 16.3 Å². The van der Waals surface area contributed by atoms with Gasteiger partial charge in [-0.1, -0.05) is 60.7 Å². The van der Waals surface area contributed by atoms with Crippen LogP contribution in [-0.2, 0) is 6.42 Å². The monoisotopic (exact) mass is 400 g/mol. The van der Waals surface area contributed by atoms with Crippen molar-refractivity contribution in [2.24, 2.45) is 5.10 Å². The number of para-hydroxylation sites is 1. The lowest BCUT2D eigenvalue weighted by molar-refractivity contribution is 0.414. The van der Waals surface area contributed by atoms with E-state index in [2.05, 4.69) is 45.6 Å². The summed E-state index contributed by atoms with van der Waals surface area (Å²) in [5.74, 6) is 1.57. The first-order valence-electron chi connectivity index (χ1n) is 9.23. The number of nitrogens with one attached hydrogen (secondary N) is 1. The first kappa shape index (κ1) is 18.8. The summed E-state index contributed by atoms with van der Waals surface area (Å²) in [6.07, 6.45) is 6.12. The lowest BCUT2D eigenvalue weighted by atomic mass is 10.0. The molecule has 0 aliphatic carbocycles. The van der Waals surface area contributed by atoms with Gasteiger partial charge in [-0.25, -0.2) is 0 Å². The number of fused-ring (bicyclic) bond motifs is 1. The Kier molecular flexibility index (Phi) is 5.63. The van der Waals surface area contributed by atoms with Crippen molar-refractivity contribution in [1.82, 2.24) is 14.9 Å². The maximum atomic E-state index is 5.36. The molecule has 0 aliphatic rings. The number of methoxy groups -OCH3 is 1. The highest BCUT2D eigenvalue weighted by Crippen LogP contribution is 2.21. The smallest absolute Gasteiger partial charge is 0.216 e. The summed E-state index contributed by atoms with van der Waals surface area (Å²) in [5, 5.41) is 14.1. The average Bonchev–Trinajstić information content (AvgIpc) is 3.11. The molecule has 0 atom stereocenters. The predicted octanol–water partition coefficient (Wildman–Crippen LogP) is 5.24. The van der Waals surface area contributed by atoms with Crippen LogP contribution < -0.4 is 4.74 Å². The molecule has 5 nitrogen and oxygen atoms in total. The number of benzene rings is 3. The molecule has 0 fully saturated rings. The Morgan fingerprint density at radius 2 is 1.86 bits per heavy atom. The molecule has 6 heteroatoms. The molecule has 1 heterocycles. The van der Waals surface area contributed by atoms with Gasteiger partial charge in [0.25, 0.3) is 0 Å². The molecule has 0 radical (unpaired) electrons. The number of ether oxygens (including phenoxy) is 1. The highest BCUT2D eigenvalue weighted by molar-refractivity contribution is 7.71. The fourth-order valence-corrected chi connectivity index (χ4v) is 3.43. The zero-order valence-corrected chi connectivity index (χ0v) is 16.8. The zero-order valence-electron chi connectivity index (χ0n) is 15.9.